The van der Waals surface area contributed by atoms with Crippen molar-refractivity contribution >= 4 is 6.29 Å². The highest BCUT2D eigenvalue weighted by molar-refractivity contribution is 5.73. The Morgan fingerprint density at radius 2 is 2.17 bits per heavy atom. The highest BCUT2D eigenvalue weighted by Crippen LogP contribution is 2.29. The molecule has 0 amide bonds. The lowest BCUT2D eigenvalue weighted by Crippen LogP contribution is -2.35. The van der Waals surface area contributed by atoms with Crippen LogP contribution in [0.25, 0.3) is 0 Å². The Kier molecular flexibility index (Phi) is 3.00. The maximum Gasteiger partial charge on any atom is 0.171 e. The largest absolute Gasteiger partial charge is 0.353 e. The van der Waals surface area contributed by atoms with Gasteiger partial charge in [-0.25, -0.2) is 0 Å². The topological polar surface area (TPSA) is 35.5 Å². The Labute approximate surface area is 72.4 Å². The number of aldehydes is 1. The fourth-order valence-corrected chi connectivity index (χ4v) is 1.39. The summed E-state index contributed by atoms with van der Waals surface area (Å²) >= 11 is 0. The van der Waals surface area contributed by atoms with Crippen LogP contribution in [0.15, 0.2) is 11.6 Å². The first kappa shape index (κ1) is 9.42. The van der Waals surface area contributed by atoms with Crippen molar-refractivity contribution in [2.75, 3.05) is 14.2 Å². The summed E-state index contributed by atoms with van der Waals surface area (Å²) in [7, 11) is 3.26. The molecule has 0 saturated carbocycles. The van der Waals surface area contributed by atoms with Crippen molar-refractivity contribution < 1.29 is 14.3 Å². The van der Waals surface area contributed by atoms with Crippen molar-refractivity contribution in [3.8, 4) is 0 Å². The maximum atomic E-state index is 10.4. The van der Waals surface area contributed by atoms with E-state index in [4.69, 9.17) is 9.47 Å². The van der Waals surface area contributed by atoms with Gasteiger partial charge in [0.1, 0.15) is 6.29 Å². The molecule has 0 N–H and O–H groups in total. The van der Waals surface area contributed by atoms with E-state index in [1.165, 1.54) is 0 Å². The molecule has 0 atom stereocenters. The zero-order chi connectivity index (χ0) is 9.03. The van der Waals surface area contributed by atoms with Gasteiger partial charge in [0, 0.05) is 27.1 Å². The number of hydrogen-bond acceptors (Lipinski definition) is 3. The smallest absolute Gasteiger partial charge is 0.171 e. The molecule has 3 heteroatoms. The molecule has 1 aliphatic rings. The normalized spacial score (nSPS) is 21.7. The van der Waals surface area contributed by atoms with E-state index in [1.807, 2.05) is 6.08 Å². The number of rotatable bonds is 3. The standard InChI is InChI=1S/C9H14O3/c1-11-9(12-2)5-3-8(7-10)4-6-9/h3,7H,4-6H2,1-2H3. The highest BCUT2D eigenvalue weighted by atomic mass is 16.7. The second kappa shape index (κ2) is 3.83. The average molecular weight is 170 g/mol. The lowest BCUT2D eigenvalue weighted by atomic mass is 9.95. The van der Waals surface area contributed by atoms with Gasteiger partial charge in [0.25, 0.3) is 0 Å². The Morgan fingerprint density at radius 1 is 1.50 bits per heavy atom. The van der Waals surface area contributed by atoms with Gasteiger partial charge < -0.3 is 9.47 Å². The van der Waals surface area contributed by atoms with Crippen molar-refractivity contribution in [3.63, 3.8) is 0 Å². The fraction of sp³-hybridized carbons (Fsp3) is 0.667. The summed E-state index contributed by atoms with van der Waals surface area (Å²) < 4.78 is 10.5. The molecular weight excluding hydrogens is 156 g/mol. The number of carbonyl (C=O) groups excluding carboxylic acids is 1. The molecule has 0 spiro atoms. The van der Waals surface area contributed by atoms with E-state index < -0.39 is 5.79 Å². The number of methoxy groups -OCH3 is 2. The zero-order valence-electron chi connectivity index (χ0n) is 7.50. The van der Waals surface area contributed by atoms with Gasteiger partial charge in [0.2, 0.25) is 0 Å². The molecule has 0 aromatic carbocycles. The van der Waals surface area contributed by atoms with E-state index >= 15 is 0 Å². The number of allylic oxidation sites excluding steroid dienone is 1. The predicted molar refractivity (Wildman–Crippen MR) is 44.7 cm³/mol. The van der Waals surface area contributed by atoms with E-state index in [0.717, 1.165) is 24.7 Å². The van der Waals surface area contributed by atoms with Gasteiger partial charge in [-0.3, -0.25) is 4.79 Å². The molecule has 68 valence electrons. The van der Waals surface area contributed by atoms with Gasteiger partial charge in [0.05, 0.1) is 0 Å². The first-order chi connectivity index (χ1) is 5.76. The maximum absolute atomic E-state index is 10.4. The molecule has 0 heterocycles. The van der Waals surface area contributed by atoms with Crippen molar-refractivity contribution in [1.82, 2.24) is 0 Å². The summed E-state index contributed by atoms with van der Waals surface area (Å²) in [6.45, 7) is 0. The summed E-state index contributed by atoms with van der Waals surface area (Å²) in [5, 5.41) is 0. The van der Waals surface area contributed by atoms with Crippen molar-refractivity contribution in [2.45, 2.75) is 25.0 Å². The van der Waals surface area contributed by atoms with Gasteiger partial charge >= 0.3 is 0 Å². The molecule has 3 nitrogen and oxygen atoms in total. The first-order valence-corrected chi connectivity index (χ1v) is 4.01. The van der Waals surface area contributed by atoms with Crippen LogP contribution in [0.4, 0.5) is 0 Å². The van der Waals surface area contributed by atoms with E-state index in [9.17, 15) is 4.79 Å². The minimum Gasteiger partial charge on any atom is -0.353 e. The first-order valence-electron chi connectivity index (χ1n) is 4.01. The Morgan fingerprint density at radius 3 is 2.50 bits per heavy atom. The van der Waals surface area contributed by atoms with Crippen LogP contribution in [0.1, 0.15) is 19.3 Å². The van der Waals surface area contributed by atoms with Crippen LogP contribution in [0.3, 0.4) is 0 Å². The number of hydrogen-bond donors (Lipinski definition) is 0. The molecular formula is C9H14O3. The Hall–Kier alpha value is -0.670. The third-order valence-electron chi connectivity index (χ3n) is 2.37. The summed E-state index contributed by atoms with van der Waals surface area (Å²) in [5.41, 5.74) is 0.847. The molecule has 0 aliphatic heterocycles. The third-order valence-corrected chi connectivity index (χ3v) is 2.37. The lowest BCUT2D eigenvalue weighted by Gasteiger charge is -2.32. The summed E-state index contributed by atoms with van der Waals surface area (Å²) in [5.74, 6) is -0.494. The Balaban J connectivity index is 2.64. The predicted octanol–water partition coefficient (Wildman–Crippen LogP) is 1.28. The minimum absolute atomic E-state index is 0.494. The second-order valence-electron chi connectivity index (χ2n) is 2.92. The summed E-state index contributed by atoms with van der Waals surface area (Å²) in [6.07, 6.45) is 4.93. The number of ether oxygens (including phenoxy) is 2. The van der Waals surface area contributed by atoms with Crippen LogP contribution in [0.2, 0.25) is 0 Å². The van der Waals surface area contributed by atoms with Crippen molar-refractivity contribution in [1.29, 1.82) is 0 Å². The van der Waals surface area contributed by atoms with Crippen molar-refractivity contribution in [2.24, 2.45) is 0 Å². The van der Waals surface area contributed by atoms with Crippen LogP contribution < -0.4 is 0 Å². The lowest BCUT2D eigenvalue weighted by molar-refractivity contribution is -0.210. The molecule has 12 heavy (non-hydrogen) atoms. The van der Waals surface area contributed by atoms with Gasteiger partial charge in [-0.05, 0) is 12.0 Å². The monoisotopic (exact) mass is 170 g/mol. The molecule has 0 unspecified atom stereocenters. The average Bonchev–Trinajstić information content (AvgIpc) is 2.18. The van der Waals surface area contributed by atoms with Crippen LogP contribution in [0.5, 0.6) is 0 Å². The second-order valence-corrected chi connectivity index (χ2v) is 2.92. The quantitative estimate of drug-likeness (QED) is 0.473. The van der Waals surface area contributed by atoms with E-state index in [-0.39, 0.29) is 0 Å². The summed E-state index contributed by atoms with van der Waals surface area (Å²) in [4.78, 5) is 10.4. The fourth-order valence-electron chi connectivity index (χ4n) is 1.39. The Bertz CT molecular complexity index is 192. The van der Waals surface area contributed by atoms with E-state index in [2.05, 4.69) is 0 Å². The van der Waals surface area contributed by atoms with E-state index in [0.29, 0.717) is 6.42 Å². The van der Waals surface area contributed by atoms with Crippen LogP contribution in [-0.2, 0) is 14.3 Å². The third kappa shape index (κ3) is 1.73. The van der Waals surface area contributed by atoms with Crippen LogP contribution in [0, 0.1) is 0 Å². The molecule has 0 fully saturated rings. The molecule has 0 saturated heterocycles. The number of carbonyl (C=O) groups is 1. The highest BCUT2D eigenvalue weighted by Gasteiger charge is 2.31. The SMILES string of the molecule is COC1(OC)CC=C(C=O)CC1. The van der Waals surface area contributed by atoms with Gasteiger partial charge in [0.15, 0.2) is 5.79 Å². The molecule has 0 bridgehead atoms. The van der Waals surface area contributed by atoms with Crippen LogP contribution in [-0.4, -0.2) is 26.3 Å². The molecule has 1 aliphatic carbocycles. The van der Waals surface area contributed by atoms with Gasteiger partial charge in [-0.15, -0.1) is 0 Å². The molecule has 0 radical (unpaired) electrons. The minimum atomic E-state index is -0.494. The molecule has 0 aromatic heterocycles. The molecule has 0 aromatic rings. The van der Waals surface area contributed by atoms with Gasteiger partial charge in [-0.2, -0.15) is 0 Å². The van der Waals surface area contributed by atoms with E-state index in [1.54, 1.807) is 14.2 Å². The van der Waals surface area contributed by atoms with Gasteiger partial charge in [-0.1, -0.05) is 6.08 Å². The molecule has 1 rings (SSSR count). The summed E-state index contributed by atoms with van der Waals surface area (Å²) in [6, 6.07) is 0. The van der Waals surface area contributed by atoms with Crippen molar-refractivity contribution in [3.05, 3.63) is 11.6 Å². The zero-order valence-corrected chi connectivity index (χ0v) is 7.50. The van der Waals surface area contributed by atoms with Crippen LogP contribution >= 0.6 is 0 Å².